The summed E-state index contributed by atoms with van der Waals surface area (Å²) in [7, 11) is 0. The predicted molar refractivity (Wildman–Crippen MR) is 69.5 cm³/mol. The van der Waals surface area contributed by atoms with Crippen molar-refractivity contribution in [2.24, 2.45) is 5.11 Å². The standard InChI is InChI=1S/C12H15ClN4/c13-11-5-6-12(15-8-11)10-3-1-9(2-4-10)7-16-17-14/h1,3,8,12,15H,2,4-7H2. The maximum atomic E-state index is 8.26. The van der Waals surface area contributed by atoms with Gasteiger partial charge >= 0.3 is 0 Å². The molecule has 0 aromatic heterocycles. The lowest BCUT2D eigenvalue weighted by Crippen LogP contribution is -2.30. The number of nitrogens with one attached hydrogen (secondary N) is 1. The van der Waals surface area contributed by atoms with E-state index in [1.165, 1.54) is 11.1 Å². The SMILES string of the molecule is [N-]=[N+]=NCC1=CC=C(C2CCC(Cl)=CN2)CC1. The number of hydrogen-bond donors (Lipinski definition) is 1. The highest BCUT2D eigenvalue weighted by Gasteiger charge is 2.18. The van der Waals surface area contributed by atoms with Crippen molar-refractivity contribution >= 4 is 11.6 Å². The van der Waals surface area contributed by atoms with Crippen LogP contribution in [0.1, 0.15) is 25.7 Å². The molecule has 1 atom stereocenters. The van der Waals surface area contributed by atoms with Crippen LogP contribution in [0.25, 0.3) is 10.4 Å². The molecule has 0 fully saturated rings. The molecule has 0 amide bonds. The van der Waals surface area contributed by atoms with Crippen molar-refractivity contribution in [3.05, 3.63) is 45.0 Å². The van der Waals surface area contributed by atoms with Crippen molar-refractivity contribution in [2.45, 2.75) is 31.7 Å². The van der Waals surface area contributed by atoms with Gasteiger partial charge in [-0.3, -0.25) is 0 Å². The van der Waals surface area contributed by atoms with Gasteiger partial charge in [0.2, 0.25) is 0 Å². The molecule has 1 aliphatic carbocycles. The van der Waals surface area contributed by atoms with E-state index in [1.807, 2.05) is 6.20 Å². The maximum absolute atomic E-state index is 8.26. The van der Waals surface area contributed by atoms with Gasteiger partial charge < -0.3 is 5.32 Å². The normalized spacial score (nSPS) is 23.8. The second kappa shape index (κ2) is 5.80. The van der Waals surface area contributed by atoms with Crippen LogP contribution in [-0.2, 0) is 0 Å². The number of rotatable bonds is 3. The molecule has 2 aliphatic rings. The van der Waals surface area contributed by atoms with E-state index >= 15 is 0 Å². The fraction of sp³-hybridized carbons (Fsp3) is 0.500. The molecule has 1 unspecified atom stereocenters. The summed E-state index contributed by atoms with van der Waals surface area (Å²) < 4.78 is 0. The van der Waals surface area contributed by atoms with E-state index in [0.29, 0.717) is 12.6 Å². The lowest BCUT2D eigenvalue weighted by atomic mass is 9.90. The van der Waals surface area contributed by atoms with Crippen LogP contribution in [0.15, 0.2) is 39.6 Å². The van der Waals surface area contributed by atoms with Crippen LogP contribution < -0.4 is 5.32 Å². The number of azide groups is 1. The summed E-state index contributed by atoms with van der Waals surface area (Å²) in [6.07, 6.45) is 10.2. The Morgan fingerprint density at radius 2 is 2.29 bits per heavy atom. The van der Waals surface area contributed by atoms with Gasteiger partial charge in [-0.05, 0) is 36.8 Å². The Bertz CT molecular complexity index is 430. The molecule has 0 saturated heterocycles. The molecule has 1 heterocycles. The minimum atomic E-state index is 0.412. The molecule has 0 bridgehead atoms. The van der Waals surface area contributed by atoms with E-state index in [9.17, 15) is 0 Å². The lowest BCUT2D eigenvalue weighted by Gasteiger charge is -2.26. The van der Waals surface area contributed by atoms with E-state index in [4.69, 9.17) is 17.1 Å². The molecule has 0 radical (unpaired) electrons. The van der Waals surface area contributed by atoms with Gasteiger partial charge in [0, 0.05) is 28.7 Å². The summed E-state index contributed by atoms with van der Waals surface area (Å²) in [6.45, 7) is 0.490. The quantitative estimate of drug-likeness (QED) is 0.463. The first-order valence-corrected chi connectivity index (χ1v) is 6.17. The first kappa shape index (κ1) is 12.1. The van der Waals surface area contributed by atoms with Crippen LogP contribution in [-0.4, -0.2) is 12.6 Å². The molecule has 1 N–H and O–H groups in total. The fourth-order valence-corrected chi connectivity index (χ4v) is 2.33. The van der Waals surface area contributed by atoms with Gasteiger partial charge in [-0.15, -0.1) is 0 Å². The Morgan fingerprint density at radius 3 is 2.88 bits per heavy atom. The van der Waals surface area contributed by atoms with Crippen molar-refractivity contribution < 1.29 is 0 Å². The third-order valence-corrected chi connectivity index (χ3v) is 3.46. The number of hydrogen-bond acceptors (Lipinski definition) is 2. The molecule has 5 heteroatoms. The first-order valence-electron chi connectivity index (χ1n) is 5.79. The maximum Gasteiger partial charge on any atom is 0.0475 e. The fourth-order valence-electron chi connectivity index (χ4n) is 2.16. The van der Waals surface area contributed by atoms with Crippen molar-refractivity contribution in [1.29, 1.82) is 0 Å². The smallest absolute Gasteiger partial charge is 0.0475 e. The number of allylic oxidation sites excluding steroid dienone is 3. The van der Waals surface area contributed by atoms with Crippen molar-refractivity contribution in [3.63, 3.8) is 0 Å². The van der Waals surface area contributed by atoms with Crippen LogP contribution in [0.4, 0.5) is 0 Å². The summed E-state index contributed by atoms with van der Waals surface area (Å²) in [5, 5.41) is 7.81. The zero-order valence-electron chi connectivity index (χ0n) is 9.56. The predicted octanol–water partition coefficient (Wildman–Crippen LogP) is 3.78. The lowest BCUT2D eigenvalue weighted by molar-refractivity contribution is 0.563. The molecule has 90 valence electrons. The number of halogens is 1. The van der Waals surface area contributed by atoms with Crippen LogP contribution in [0.2, 0.25) is 0 Å². The highest BCUT2D eigenvalue weighted by atomic mass is 35.5. The Hall–Kier alpha value is -1.38. The zero-order chi connectivity index (χ0) is 12.1. The van der Waals surface area contributed by atoms with Crippen LogP contribution in [0.3, 0.4) is 0 Å². The zero-order valence-corrected chi connectivity index (χ0v) is 10.3. The monoisotopic (exact) mass is 250 g/mol. The van der Waals surface area contributed by atoms with Gasteiger partial charge in [-0.1, -0.05) is 34.4 Å². The highest BCUT2D eigenvalue weighted by Crippen LogP contribution is 2.26. The molecule has 0 aromatic carbocycles. The Kier molecular flexibility index (Phi) is 4.13. The second-order valence-corrected chi connectivity index (χ2v) is 4.79. The van der Waals surface area contributed by atoms with E-state index in [0.717, 1.165) is 30.7 Å². The van der Waals surface area contributed by atoms with E-state index in [1.54, 1.807) is 0 Å². The summed E-state index contributed by atoms with van der Waals surface area (Å²) in [4.78, 5) is 2.78. The van der Waals surface area contributed by atoms with Crippen molar-refractivity contribution in [3.8, 4) is 0 Å². The van der Waals surface area contributed by atoms with Gasteiger partial charge in [0.1, 0.15) is 0 Å². The first-order chi connectivity index (χ1) is 8.29. The Morgan fingerprint density at radius 1 is 1.41 bits per heavy atom. The summed E-state index contributed by atoms with van der Waals surface area (Å²) in [6, 6.07) is 0.412. The molecule has 0 spiro atoms. The van der Waals surface area contributed by atoms with E-state index < -0.39 is 0 Å². The van der Waals surface area contributed by atoms with Crippen LogP contribution in [0.5, 0.6) is 0 Å². The molecule has 0 aromatic rings. The molecular formula is C12H15ClN4. The molecule has 4 nitrogen and oxygen atoms in total. The third kappa shape index (κ3) is 3.29. The van der Waals surface area contributed by atoms with Crippen molar-refractivity contribution in [2.75, 3.05) is 6.54 Å². The minimum absolute atomic E-state index is 0.412. The second-order valence-electron chi connectivity index (χ2n) is 4.30. The summed E-state index contributed by atoms with van der Waals surface area (Å²) in [5.74, 6) is 0. The van der Waals surface area contributed by atoms with Crippen LogP contribution >= 0.6 is 11.6 Å². The van der Waals surface area contributed by atoms with Gasteiger partial charge in [0.05, 0.1) is 0 Å². The molecule has 17 heavy (non-hydrogen) atoms. The van der Waals surface area contributed by atoms with Crippen LogP contribution in [0, 0.1) is 0 Å². The average Bonchev–Trinajstić information content (AvgIpc) is 2.38. The van der Waals surface area contributed by atoms with E-state index in [-0.39, 0.29) is 0 Å². The third-order valence-electron chi connectivity index (χ3n) is 3.17. The largest absolute Gasteiger partial charge is 0.383 e. The Balaban J connectivity index is 1.98. The minimum Gasteiger partial charge on any atom is -0.383 e. The molecule has 2 rings (SSSR count). The molecular weight excluding hydrogens is 236 g/mol. The number of nitrogens with zero attached hydrogens (tertiary/aromatic N) is 3. The summed E-state index contributed by atoms with van der Waals surface area (Å²) in [5.41, 5.74) is 10.9. The van der Waals surface area contributed by atoms with Gasteiger partial charge in [0.15, 0.2) is 0 Å². The van der Waals surface area contributed by atoms with Gasteiger partial charge in [-0.25, -0.2) is 0 Å². The Labute approximate surface area is 106 Å². The molecule has 0 saturated carbocycles. The van der Waals surface area contributed by atoms with Gasteiger partial charge in [-0.2, -0.15) is 0 Å². The topological polar surface area (TPSA) is 60.8 Å². The average molecular weight is 251 g/mol. The van der Waals surface area contributed by atoms with Crippen molar-refractivity contribution in [1.82, 2.24) is 5.32 Å². The summed E-state index contributed by atoms with van der Waals surface area (Å²) >= 11 is 5.92. The van der Waals surface area contributed by atoms with Gasteiger partial charge in [0.25, 0.3) is 0 Å². The van der Waals surface area contributed by atoms with E-state index in [2.05, 4.69) is 27.5 Å². The highest BCUT2D eigenvalue weighted by molar-refractivity contribution is 6.29. The molecule has 1 aliphatic heterocycles.